The fourth-order valence-electron chi connectivity index (χ4n) is 3.94. The lowest BCUT2D eigenvalue weighted by Crippen LogP contribution is -1.91. The third-order valence-electron chi connectivity index (χ3n) is 5.50. The summed E-state index contributed by atoms with van der Waals surface area (Å²) in [6.07, 6.45) is 0. The zero-order valence-electron chi connectivity index (χ0n) is 17.5. The third kappa shape index (κ3) is 4.17. The first-order valence-electron chi connectivity index (χ1n) is 10.6. The van der Waals surface area contributed by atoms with Crippen LogP contribution in [-0.4, -0.2) is 4.98 Å². The fraction of sp³-hybridized carbons (Fsp3) is 0.0333. The molecule has 4 aromatic carbocycles. The van der Waals surface area contributed by atoms with Gasteiger partial charge in [-0.05, 0) is 59.0 Å². The van der Waals surface area contributed by atoms with E-state index in [0.29, 0.717) is 0 Å². The van der Waals surface area contributed by atoms with Crippen molar-refractivity contribution in [3.05, 3.63) is 127 Å². The number of hydrogen-bond acceptors (Lipinski definition) is 1. The van der Waals surface area contributed by atoms with Crippen molar-refractivity contribution in [3.63, 3.8) is 0 Å². The molecule has 1 heteroatoms. The van der Waals surface area contributed by atoms with Gasteiger partial charge in [0.2, 0.25) is 0 Å². The predicted octanol–water partition coefficient (Wildman–Crippen LogP) is 8.06. The number of hydrogen-bond donors (Lipinski definition) is 0. The Morgan fingerprint density at radius 3 is 1.23 bits per heavy atom. The van der Waals surface area contributed by atoms with Gasteiger partial charge in [-0.15, -0.1) is 0 Å². The Hall–Kier alpha value is -3.97. The van der Waals surface area contributed by atoms with E-state index in [1.165, 1.54) is 27.8 Å². The van der Waals surface area contributed by atoms with Crippen LogP contribution in [0.4, 0.5) is 0 Å². The van der Waals surface area contributed by atoms with Gasteiger partial charge in [-0.25, -0.2) is 4.98 Å². The molecule has 31 heavy (non-hydrogen) atoms. The van der Waals surface area contributed by atoms with Crippen LogP contribution in [0.15, 0.2) is 121 Å². The van der Waals surface area contributed by atoms with E-state index >= 15 is 0 Å². The summed E-state index contributed by atoms with van der Waals surface area (Å²) in [7, 11) is 0. The normalized spacial score (nSPS) is 10.7. The molecule has 148 valence electrons. The fourth-order valence-corrected chi connectivity index (χ4v) is 3.94. The molecule has 0 unspecified atom stereocenters. The molecule has 0 spiro atoms. The van der Waals surface area contributed by atoms with Crippen molar-refractivity contribution in [1.29, 1.82) is 0 Å². The summed E-state index contributed by atoms with van der Waals surface area (Å²) < 4.78 is 0. The minimum Gasteiger partial charge on any atom is -0.248 e. The molecule has 0 aliphatic heterocycles. The van der Waals surface area contributed by atoms with E-state index in [9.17, 15) is 0 Å². The molecule has 5 rings (SSSR count). The van der Waals surface area contributed by atoms with Crippen LogP contribution in [0, 0.1) is 6.92 Å². The number of aryl methyl sites for hydroxylation is 1. The summed E-state index contributed by atoms with van der Waals surface area (Å²) in [5, 5.41) is 0. The van der Waals surface area contributed by atoms with Crippen LogP contribution in [0.5, 0.6) is 0 Å². The van der Waals surface area contributed by atoms with Crippen LogP contribution >= 0.6 is 0 Å². The van der Waals surface area contributed by atoms with E-state index in [2.05, 4.69) is 116 Å². The second-order valence-electron chi connectivity index (χ2n) is 7.81. The molecule has 0 saturated carbocycles. The lowest BCUT2D eigenvalue weighted by molar-refractivity contribution is 1.29. The Bertz CT molecular complexity index is 1220. The predicted molar refractivity (Wildman–Crippen MR) is 131 cm³/mol. The number of benzene rings is 4. The average Bonchev–Trinajstić information content (AvgIpc) is 2.85. The largest absolute Gasteiger partial charge is 0.248 e. The monoisotopic (exact) mass is 397 g/mol. The summed E-state index contributed by atoms with van der Waals surface area (Å²) in [5.41, 5.74) is 10.3. The summed E-state index contributed by atoms with van der Waals surface area (Å²) in [5.74, 6) is 0. The number of rotatable bonds is 4. The third-order valence-corrected chi connectivity index (χ3v) is 5.50. The minimum atomic E-state index is 0.998. The first-order valence-corrected chi connectivity index (χ1v) is 10.6. The van der Waals surface area contributed by atoms with E-state index in [1.54, 1.807) is 0 Å². The van der Waals surface area contributed by atoms with Crippen molar-refractivity contribution < 1.29 is 0 Å². The van der Waals surface area contributed by atoms with E-state index in [1.807, 2.05) is 12.1 Å². The topological polar surface area (TPSA) is 12.9 Å². The molecule has 1 heterocycles. The molecular formula is C30H23N. The Morgan fingerprint density at radius 1 is 0.387 bits per heavy atom. The van der Waals surface area contributed by atoms with Crippen molar-refractivity contribution in [2.24, 2.45) is 0 Å². The highest BCUT2D eigenvalue weighted by Gasteiger charge is 2.08. The van der Waals surface area contributed by atoms with Crippen molar-refractivity contribution in [2.75, 3.05) is 0 Å². The molecule has 1 aromatic heterocycles. The van der Waals surface area contributed by atoms with Crippen LogP contribution < -0.4 is 0 Å². The second kappa shape index (κ2) is 8.41. The lowest BCUT2D eigenvalue weighted by Gasteiger charge is -2.10. The summed E-state index contributed by atoms with van der Waals surface area (Å²) in [6.45, 7) is 2.14. The maximum Gasteiger partial charge on any atom is 0.0712 e. The molecule has 0 saturated heterocycles. The highest BCUT2D eigenvalue weighted by molar-refractivity contribution is 5.75. The van der Waals surface area contributed by atoms with Gasteiger partial charge in [0, 0.05) is 11.1 Å². The zero-order valence-corrected chi connectivity index (χ0v) is 17.5. The van der Waals surface area contributed by atoms with Gasteiger partial charge in [-0.2, -0.15) is 0 Å². The van der Waals surface area contributed by atoms with Gasteiger partial charge in [0.1, 0.15) is 0 Å². The Labute approximate surface area is 183 Å². The molecule has 1 nitrogen and oxygen atoms in total. The van der Waals surface area contributed by atoms with Gasteiger partial charge >= 0.3 is 0 Å². The Morgan fingerprint density at radius 2 is 0.774 bits per heavy atom. The van der Waals surface area contributed by atoms with Gasteiger partial charge in [-0.3, -0.25) is 0 Å². The van der Waals surface area contributed by atoms with E-state index in [0.717, 1.165) is 22.5 Å². The van der Waals surface area contributed by atoms with Crippen molar-refractivity contribution >= 4 is 0 Å². The summed E-state index contributed by atoms with van der Waals surface area (Å²) >= 11 is 0. The molecule has 0 aliphatic carbocycles. The minimum absolute atomic E-state index is 0.998. The second-order valence-corrected chi connectivity index (χ2v) is 7.81. The standard InChI is InChI=1S/C30H23N/c1-22-18-29(27-16-8-14-25(20-27)23-10-4-2-5-11-23)31-30(19-22)28-17-9-15-26(21-28)24-12-6-3-7-13-24/h2-21H,1H3. The van der Waals surface area contributed by atoms with Gasteiger partial charge in [0.25, 0.3) is 0 Å². The molecular weight excluding hydrogens is 374 g/mol. The molecule has 0 bridgehead atoms. The Kier molecular flexibility index (Phi) is 5.16. The number of aromatic nitrogens is 1. The SMILES string of the molecule is Cc1cc(-c2cccc(-c3ccccc3)c2)nc(-c2cccc(-c3ccccc3)c2)c1. The van der Waals surface area contributed by atoms with Crippen LogP contribution in [0.25, 0.3) is 44.8 Å². The van der Waals surface area contributed by atoms with E-state index in [4.69, 9.17) is 4.98 Å². The highest BCUT2D eigenvalue weighted by Crippen LogP contribution is 2.30. The van der Waals surface area contributed by atoms with Gasteiger partial charge < -0.3 is 0 Å². The highest BCUT2D eigenvalue weighted by atomic mass is 14.7. The summed E-state index contributed by atoms with van der Waals surface area (Å²) in [6, 6.07) is 42.5. The molecule has 5 aromatic rings. The number of nitrogens with zero attached hydrogens (tertiary/aromatic N) is 1. The van der Waals surface area contributed by atoms with Gasteiger partial charge in [0.15, 0.2) is 0 Å². The first-order chi connectivity index (χ1) is 15.3. The van der Waals surface area contributed by atoms with Crippen LogP contribution in [-0.2, 0) is 0 Å². The zero-order chi connectivity index (χ0) is 21.0. The van der Waals surface area contributed by atoms with E-state index < -0.39 is 0 Å². The van der Waals surface area contributed by atoms with Crippen molar-refractivity contribution in [2.45, 2.75) is 6.92 Å². The maximum absolute atomic E-state index is 5.04. The van der Waals surface area contributed by atoms with Crippen molar-refractivity contribution in [3.8, 4) is 44.8 Å². The summed E-state index contributed by atoms with van der Waals surface area (Å²) in [4.78, 5) is 5.04. The Balaban J connectivity index is 1.56. The number of pyridine rings is 1. The molecule has 0 aliphatic rings. The average molecular weight is 398 g/mol. The quantitative estimate of drug-likeness (QED) is 0.299. The molecule has 0 radical (unpaired) electrons. The smallest absolute Gasteiger partial charge is 0.0712 e. The van der Waals surface area contributed by atoms with Crippen LogP contribution in [0.1, 0.15) is 5.56 Å². The molecule has 0 fully saturated rings. The molecule has 0 N–H and O–H groups in total. The molecule has 0 amide bonds. The van der Waals surface area contributed by atoms with Crippen LogP contribution in [0.3, 0.4) is 0 Å². The van der Waals surface area contributed by atoms with E-state index in [-0.39, 0.29) is 0 Å². The maximum atomic E-state index is 5.04. The van der Waals surface area contributed by atoms with Crippen molar-refractivity contribution in [1.82, 2.24) is 4.98 Å². The molecule has 0 atom stereocenters. The van der Waals surface area contributed by atoms with Crippen LogP contribution in [0.2, 0.25) is 0 Å². The van der Waals surface area contributed by atoms with Gasteiger partial charge in [0.05, 0.1) is 11.4 Å². The first kappa shape index (κ1) is 19.0. The lowest BCUT2D eigenvalue weighted by atomic mass is 9.99. The van der Waals surface area contributed by atoms with Gasteiger partial charge in [-0.1, -0.05) is 97.1 Å².